The molecule has 0 atom stereocenters. The lowest BCUT2D eigenvalue weighted by Gasteiger charge is -2.13. The number of hydrogen-bond donors (Lipinski definition) is 0. The Morgan fingerprint density at radius 2 is 0.783 bits per heavy atom. The monoisotopic (exact) mass is 377 g/mol. The molecule has 23 heavy (non-hydrogen) atoms. The van der Waals surface area contributed by atoms with E-state index < -0.39 is 21.8 Å². The van der Waals surface area contributed by atoms with Crippen molar-refractivity contribution in [2.24, 2.45) is 5.41 Å². The molecule has 0 saturated heterocycles. The zero-order valence-electron chi connectivity index (χ0n) is 12.1. The molecule has 0 aliphatic carbocycles. The van der Waals surface area contributed by atoms with Gasteiger partial charge in [0.05, 0.1) is 12.5 Å². The number of halogens is 12. The van der Waals surface area contributed by atoms with Crippen molar-refractivity contribution in [1.29, 1.82) is 0 Å². The first-order valence-electron chi connectivity index (χ1n) is 5.19. The molecule has 0 heterocycles. The van der Waals surface area contributed by atoms with Crippen molar-refractivity contribution in [3.8, 4) is 0 Å². The Morgan fingerprint density at radius 1 is 0.652 bits per heavy atom. The molecule has 0 aliphatic rings. The van der Waals surface area contributed by atoms with Gasteiger partial charge in [-0.15, -0.1) is 0 Å². The summed E-state index contributed by atoms with van der Waals surface area (Å²) < 4.78 is 121. The minimum atomic E-state index is -6.00. The van der Waals surface area contributed by atoms with E-state index in [1.165, 1.54) is 7.11 Å². The maximum atomic E-state index is 10.6. The van der Waals surface area contributed by atoms with Gasteiger partial charge in [0.25, 0.3) is 0 Å². The van der Waals surface area contributed by atoms with Crippen molar-refractivity contribution in [3.05, 3.63) is 0 Å². The standard InChI is InChI=1S/C6H12O2.3BF4/c1-6(2,3)5(7)8-4;3*2-1(3,4)5/h1-4H3;;;/q;3*-1. The SMILES string of the molecule is COC(=O)C(C)(C)C.F[B-](F)(F)F.F[B-](F)(F)F.F[B-](F)(F)F. The summed E-state index contributed by atoms with van der Waals surface area (Å²) in [4.78, 5) is 10.6. The summed E-state index contributed by atoms with van der Waals surface area (Å²) >= 11 is 0. The molecule has 0 aromatic carbocycles. The summed E-state index contributed by atoms with van der Waals surface area (Å²) in [5.74, 6) is -0.169. The highest BCUT2D eigenvalue weighted by Crippen LogP contribution is 2.13. The van der Waals surface area contributed by atoms with E-state index in [0.29, 0.717) is 0 Å². The molecule has 0 bridgehead atoms. The molecule has 0 aromatic rings. The second-order valence-electron chi connectivity index (χ2n) is 4.23. The molecule has 0 saturated carbocycles. The van der Waals surface area contributed by atoms with Gasteiger partial charge in [-0.2, -0.15) is 0 Å². The third-order valence-electron chi connectivity index (χ3n) is 0.798. The number of carbonyl (C=O) groups excluding carboxylic acids is 1. The first-order chi connectivity index (χ1) is 9.48. The van der Waals surface area contributed by atoms with Gasteiger partial charge in [-0.05, 0) is 20.8 Å². The fourth-order valence-corrected chi connectivity index (χ4v) is 0.306. The van der Waals surface area contributed by atoms with Crippen LogP contribution in [0.15, 0.2) is 0 Å². The van der Waals surface area contributed by atoms with Gasteiger partial charge >= 0.3 is 27.7 Å². The molecule has 0 aliphatic heterocycles. The smallest absolute Gasteiger partial charge is 0.469 e. The van der Waals surface area contributed by atoms with Gasteiger partial charge in [0.1, 0.15) is 0 Å². The normalized spacial score (nSPS) is 11.7. The van der Waals surface area contributed by atoms with Crippen molar-refractivity contribution < 1.29 is 61.3 Å². The van der Waals surface area contributed by atoms with Crippen LogP contribution in [0.4, 0.5) is 51.8 Å². The van der Waals surface area contributed by atoms with E-state index >= 15 is 0 Å². The summed E-state index contributed by atoms with van der Waals surface area (Å²) in [6.07, 6.45) is 0. The Labute approximate surface area is 123 Å². The van der Waals surface area contributed by atoms with Crippen molar-refractivity contribution in [2.75, 3.05) is 7.11 Å². The molecule has 0 N–H and O–H groups in total. The minimum Gasteiger partial charge on any atom is -0.469 e. The molecular formula is C6H12B3F12O2-3. The molecule has 144 valence electrons. The largest absolute Gasteiger partial charge is 0.673 e. The summed E-state index contributed by atoms with van der Waals surface area (Å²) in [6, 6.07) is 0. The maximum Gasteiger partial charge on any atom is 0.673 e. The highest BCUT2D eigenvalue weighted by molar-refractivity contribution is 6.50. The van der Waals surface area contributed by atoms with Crippen molar-refractivity contribution in [2.45, 2.75) is 20.8 Å². The van der Waals surface area contributed by atoms with Gasteiger partial charge in [-0.3, -0.25) is 4.79 Å². The summed E-state index contributed by atoms with van der Waals surface area (Å²) in [6.45, 7) is 5.45. The summed E-state index contributed by atoms with van der Waals surface area (Å²) in [5.41, 5.74) is -0.352. The van der Waals surface area contributed by atoms with Crippen LogP contribution in [0.1, 0.15) is 20.8 Å². The van der Waals surface area contributed by atoms with E-state index in [1.807, 2.05) is 20.8 Å². The lowest BCUT2D eigenvalue weighted by Crippen LogP contribution is -2.21. The predicted octanol–water partition coefficient (Wildman–Crippen LogP) is 5.11. The van der Waals surface area contributed by atoms with Crippen LogP contribution in [-0.2, 0) is 9.53 Å². The third-order valence-corrected chi connectivity index (χ3v) is 0.798. The van der Waals surface area contributed by atoms with Gasteiger partial charge in [0.2, 0.25) is 0 Å². The minimum absolute atomic E-state index is 0.169. The van der Waals surface area contributed by atoms with E-state index in [4.69, 9.17) is 0 Å². The van der Waals surface area contributed by atoms with Gasteiger partial charge < -0.3 is 56.5 Å². The summed E-state index contributed by atoms with van der Waals surface area (Å²) in [5, 5.41) is 0. The van der Waals surface area contributed by atoms with Gasteiger partial charge in [-0.25, -0.2) is 0 Å². The molecule has 2 nitrogen and oxygen atoms in total. The quantitative estimate of drug-likeness (QED) is 0.334. The molecule has 0 unspecified atom stereocenters. The fraction of sp³-hybridized carbons (Fsp3) is 0.833. The molecule has 0 aromatic heterocycles. The van der Waals surface area contributed by atoms with Crippen LogP contribution in [0.2, 0.25) is 0 Å². The first-order valence-corrected chi connectivity index (χ1v) is 5.19. The molecule has 17 heteroatoms. The van der Waals surface area contributed by atoms with Crippen LogP contribution in [0.25, 0.3) is 0 Å². The first kappa shape index (κ1) is 29.8. The van der Waals surface area contributed by atoms with Crippen molar-refractivity contribution in [3.63, 3.8) is 0 Å². The second kappa shape index (κ2) is 11.4. The van der Waals surface area contributed by atoms with Crippen LogP contribution >= 0.6 is 0 Å². The van der Waals surface area contributed by atoms with Gasteiger partial charge in [-0.1, -0.05) is 0 Å². The number of esters is 1. The lowest BCUT2D eigenvalue weighted by atomic mass is 9.98. The maximum absolute atomic E-state index is 10.6. The summed E-state index contributed by atoms with van der Waals surface area (Å²) in [7, 11) is -16.6. The topological polar surface area (TPSA) is 26.3 Å². The molecule has 0 radical (unpaired) electrons. The van der Waals surface area contributed by atoms with Crippen LogP contribution in [-0.4, -0.2) is 34.8 Å². The van der Waals surface area contributed by atoms with Crippen LogP contribution < -0.4 is 0 Å². The average molecular weight is 377 g/mol. The Hall–Kier alpha value is -1.18. The lowest BCUT2D eigenvalue weighted by molar-refractivity contribution is -0.149. The Balaban J connectivity index is -0.000000108. The number of carbonyl (C=O) groups is 1. The number of rotatable bonds is 0. The average Bonchev–Trinajstić information content (AvgIpc) is 2.06. The Bertz CT molecular complexity index is 257. The molecule has 0 fully saturated rings. The van der Waals surface area contributed by atoms with Crippen LogP contribution in [0.5, 0.6) is 0 Å². The number of hydrogen-bond acceptors (Lipinski definition) is 2. The predicted molar refractivity (Wildman–Crippen MR) is 62.0 cm³/mol. The van der Waals surface area contributed by atoms with E-state index in [1.54, 1.807) is 0 Å². The number of ether oxygens (including phenoxy) is 1. The highest BCUT2D eigenvalue weighted by Gasteiger charge is 2.22. The second-order valence-corrected chi connectivity index (χ2v) is 4.23. The van der Waals surface area contributed by atoms with Crippen LogP contribution in [0, 0.1) is 5.41 Å². The van der Waals surface area contributed by atoms with Crippen LogP contribution in [0.3, 0.4) is 0 Å². The van der Waals surface area contributed by atoms with Gasteiger partial charge in [0, 0.05) is 0 Å². The highest BCUT2D eigenvalue weighted by atomic mass is 19.5. The van der Waals surface area contributed by atoms with E-state index in [2.05, 4.69) is 4.74 Å². The molecule has 0 rings (SSSR count). The van der Waals surface area contributed by atoms with E-state index in [9.17, 15) is 56.6 Å². The molecule has 0 amide bonds. The third kappa shape index (κ3) is 158. The fourth-order valence-electron chi connectivity index (χ4n) is 0.306. The van der Waals surface area contributed by atoms with E-state index in [-0.39, 0.29) is 11.4 Å². The van der Waals surface area contributed by atoms with Crippen molar-refractivity contribution in [1.82, 2.24) is 0 Å². The van der Waals surface area contributed by atoms with Crippen molar-refractivity contribution >= 4 is 27.7 Å². The van der Waals surface area contributed by atoms with Gasteiger partial charge in [0.15, 0.2) is 0 Å². The number of methoxy groups -OCH3 is 1. The molecule has 0 spiro atoms. The van der Waals surface area contributed by atoms with E-state index in [0.717, 1.165) is 0 Å². The zero-order chi connectivity index (χ0) is 20.3. The zero-order valence-corrected chi connectivity index (χ0v) is 12.1. The Morgan fingerprint density at radius 3 is 0.783 bits per heavy atom. The Kier molecular flexibility index (Phi) is 14.7. The molecular weight excluding hydrogens is 364 g/mol.